The Morgan fingerprint density at radius 3 is 2.81 bits per heavy atom. The molecule has 0 fully saturated rings. The van der Waals surface area contributed by atoms with Crippen LogP contribution in [0.2, 0.25) is 0 Å². The minimum Gasteiger partial charge on any atom is -0.382 e. The van der Waals surface area contributed by atoms with Crippen LogP contribution in [-0.4, -0.2) is 29.9 Å². The van der Waals surface area contributed by atoms with Crippen LogP contribution >= 0.6 is 0 Å². The zero-order chi connectivity index (χ0) is 12.0. The van der Waals surface area contributed by atoms with Gasteiger partial charge in [0.2, 0.25) is 0 Å². The molecule has 0 atom stereocenters. The van der Waals surface area contributed by atoms with E-state index in [0.717, 1.165) is 0 Å². The molecule has 16 heavy (non-hydrogen) atoms. The number of hydrogen-bond acceptors (Lipinski definition) is 4. The first-order valence-corrected chi connectivity index (χ1v) is 4.64. The maximum Gasteiger partial charge on any atom is 0.268 e. The van der Waals surface area contributed by atoms with Gasteiger partial charge in [-0.15, -0.1) is 0 Å². The van der Waals surface area contributed by atoms with E-state index < -0.39 is 5.91 Å². The Labute approximate surface area is 94.0 Å². The lowest BCUT2D eigenvalue weighted by atomic mass is 10.3. The highest BCUT2D eigenvalue weighted by atomic mass is 16.1. The molecule has 0 aliphatic rings. The molecule has 0 aromatic carbocycles. The number of pyridine rings is 1. The molecule has 0 unspecified atom stereocenters. The molecule has 1 amide bonds. The van der Waals surface area contributed by atoms with Crippen LogP contribution < -0.4 is 5.32 Å². The average Bonchev–Trinajstić information content (AvgIpc) is 2.26. The average molecular weight is 216 g/mol. The molecule has 0 saturated carbocycles. The Balaban J connectivity index is 2.76. The minimum absolute atomic E-state index is 0.0376. The summed E-state index contributed by atoms with van der Waals surface area (Å²) in [6.45, 7) is 0. The molecule has 5 heteroatoms. The Morgan fingerprint density at radius 1 is 1.56 bits per heavy atom. The molecule has 1 rings (SSSR count). The quantitative estimate of drug-likeness (QED) is 0.604. The minimum atomic E-state index is -0.463. The van der Waals surface area contributed by atoms with Crippen LogP contribution in [0.1, 0.15) is 0 Å². The summed E-state index contributed by atoms with van der Waals surface area (Å²) in [4.78, 5) is 17.2. The number of nitrogens with one attached hydrogen (secondary N) is 1. The first-order valence-electron chi connectivity index (χ1n) is 4.64. The summed E-state index contributed by atoms with van der Waals surface area (Å²) in [5.74, 6) is -0.0395. The fourth-order valence-corrected chi connectivity index (χ4v) is 1.02. The van der Waals surface area contributed by atoms with Gasteiger partial charge in [0.25, 0.3) is 5.91 Å². The van der Waals surface area contributed by atoms with Gasteiger partial charge in [-0.05, 0) is 12.1 Å². The van der Waals surface area contributed by atoms with Gasteiger partial charge in [0, 0.05) is 26.5 Å². The number of aromatic nitrogens is 1. The summed E-state index contributed by atoms with van der Waals surface area (Å²) in [6.07, 6.45) is 3.02. The summed E-state index contributed by atoms with van der Waals surface area (Å²) in [6, 6.07) is 6.99. The number of nitrogens with zero attached hydrogens (tertiary/aromatic N) is 3. The van der Waals surface area contributed by atoms with Gasteiger partial charge in [-0.1, -0.05) is 6.07 Å². The van der Waals surface area contributed by atoms with Crippen LogP contribution in [0.3, 0.4) is 0 Å². The van der Waals surface area contributed by atoms with Crippen LogP contribution in [0.25, 0.3) is 0 Å². The summed E-state index contributed by atoms with van der Waals surface area (Å²) in [7, 11) is 3.48. The number of anilines is 1. The van der Waals surface area contributed by atoms with Gasteiger partial charge in [0.15, 0.2) is 0 Å². The number of carbonyl (C=O) groups excluding carboxylic acids is 1. The second-order valence-electron chi connectivity index (χ2n) is 3.29. The van der Waals surface area contributed by atoms with Gasteiger partial charge >= 0.3 is 0 Å². The summed E-state index contributed by atoms with van der Waals surface area (Å²) >= 11 is 0. The Morgan fingerprint density at radius 2 is 2.31 bits per heavy atom. The van der Waals surface area contributed by atoms with Crippen LogP contribution in [0.4, 0.5) is 5.82 Å². The lowest BCUT2D eigenvalue weighted by Crippen LogP contribution is -2.16. The first-order chi connectivity index (χ1) is 7.63. The van der Waals surface area contributed by atoms with Gasteiger partial charge in [0.05, 0.1) is 0 Å². The zero-order valence-corrected chi connectivity index (χ0v) is 9.14. The molecule has 0 aliphatic carbocycles. The molecule has 1 heterocycles. The molecule has 0 spiro atoms. The molecule has 0 saturated heterocycles. The van der Waals surface area contributed by atoms with E-state index in [0.29, 0.717) is 5.82 Å². The second-order valence-corrected chi connectivity index (χ2v) is 3.29. The summed E-state index contributed by atoms with van der Waals surface area (Å²) in [5.41, 5.74) is 0.0376. The largest absolute Gasteiger partial charge is 0.382 e. The third-order valence-electron chi connectivity index (χ3n) is 1.66. The number of nitriles is 1. The van der Waals surface area contributed by atoms with E-state index in [1.807, 2.05) is 6.07 Å². The van der Waals surface area contributed by atoms with E-state index in [9.17, 15) is 4.79 Å². The monoisotopic (exact) mass is 216 g/mol. The molecule has 0 bridgehead atoms. The lowest BCUT2D eigenvalue weighted by Gasteiger charge is -2.06. The Bertz CT molecular complexity index is 431. The highest BCUT2D eigenvalue weighted by molar-refractivity contribution is 6.05. The number of hydrogen-bond donors (Lipinski definition) is 1. The molecule has 0 radical (unpaired) electrons. The Kier molecular flexibility index (Phi) is 4.04. The predicted molar refractivity (Wildman–Crippen MR) is 60.2 cm³/mol. The summed E-state index contributed by atoms with van der Waals surface area (Å²) in [5, 5.41) is 11.3. The first kappa shape index (κ1) is 11.7. The normalized spacial score (nSPS) is 10.4. The maximum atomic E-state index is 11.6. The standard InChI is InChI=1S/C11H12N4O/c1-15(2)8-9(7-12)11(16)14-10-5-3-4-6-13-10/h3-6,8H,1-2H3,(H,13,14,16). The highest BCUT2D eigenvalue weighted by Crippen LogP contribution is 2.03. The van der Waals surface area contributed by atoms with E-state index in [1.165, 1.54) is 6.20 Å². The number of rotatable bonds is 3. The van der Waals surface area contributed by atoms with Crippen LogP contribution in [0.15, 0.2) is 36.2 Å². The van der Waals surface area contributed by atoms with Crippen molar-refractivity contribution >= 4 is 11.7 Å². The molecule has 1 N–H and O–H groups in total. The van der Waals surface area contributed by atoms with Crippen LogP contribution in [0, 0.1) is 11.3 Å². The SMILES string of the molecule is CN(C)C=C(C#N)C(=O)Nc1ccccn1. The molecule has 1 aromatic rings. The van der Waals surface area contributed by atoms with Crippen molar-refractivity contribution in [2.45, 2.75) is 0 Å². The van der Waals surface area contributed by atoms with Crippen molar-refractivity contribution in [3.63, 3.8) is 0 Å². The van der Waals surface area contributed by atoms with Crippen molar-refractivity contribution in [2.75, 3.05) is 19.4 Å². The van der Waals surface area contributed by atoms with Gasteiger partial charge < -0.3 is 10.2 Å². The van der Waals surface area contributed by atoms with Crippen molar-refractivity contribution in [1.29, 1.82) is 5.26 Å². The van der Waals surface area contributed by atoms with Crippen molar-refractivity contribution in [2.24, 2.45) is 0 Å². The number of carbonyl (C=O) groups is 1. The predicted octanol–water partition coefficient (Wildman–Crippen LogP) is 0.989. The molecular formula is C11H12N4O. The van der Waals surface area contributed by atoms with E-state index in [1.54, 1.807) is 43.4 Å². The van der Waals surface area contributed by atoms with E-state index in [2.05, 4.69) is 10.3 Å². The second kappa shape index (κ2) is 5.51. The zero-order valence-electron chi connectivity index (χ0n) is 9.14. The van der Waals surface area contributed by atoms with Crippen LogP contribution in [-0.2, 0) is 4.79 Å². The molecule has 1 aromatic heterocycles. The topological polar surface area (TPSA) is 69.0 Å². The van der Waals surface area contributed by atoms with Crippen LogP contribution in [0.5, 0.6) is 0 Å². The smallest absolute Gasteiger partial charge is 0.268 e. The number of amides is 1. The van der Waals surface area contributed by atoms with Crippen molar-refractivity contribution in [3.8, 4) is 6.07 Å². The molecule has 5 nitrogen and oxygen atoms in total. The lowest BCUT2D eigenvalue weighted by molar-refractivity contribution is -0.112. The van der Waals surface area contributed by atoms with Crippen molar-refractivity contribution < 1.29 is 4.79 Å². The fraction of sp³-hybridized carbons (Fsp3) is 0.182. The third kappa shape index (κ3) is 3.42. The van der Waals surface area contributed by atoms with E-state index in [4.69, 9.17) is 5.26 Å². The van der Waals surface area contributed by atoms with Crippen molar-refractivity contribution in [1.82, 2.24) is 9.88 Å². The van der Waals surface area contributed by atoms with Gasteiger partial charge in [-0.3, -0.25) is 4.79 Å². The van der Waals surface area contributed by atoms with E-state index in [-0.39, 0.29) is 5.57 Å². The maximum absolute atomic E-state index is 11.6. The van der Waals surface area contributed by atoms with E-state index >= 15 is 0 Å². The summed E-state index contributed by atoms with van der Waals surface area (Å²) < 4.78 is 0. The molecule has 0 aliphatic heterocycles. The van der Waals surface area contributed by atoms with Gasteiger partial charge in [0.1, 0.15) is 17.5 Å². The molecular weight excluding hydrogens is 204 g/mol. The molecule has 82 valence electrons. The fourth-order valence-electron chi connectivity index (χ4n) is 1.02. The van der Waals surface area contributed by atoms with Crippen molar-refractivity contribution in [3.05, 3.63) is 36.2 Å². The van der Waals surface area contributed by atoms with Gasteiger partial charge in [-0.25, -0.2) is 4.98 Å². The highest BCUT2D eigenvalue weighted by Gasteiger charge is 2.09. The Hall–Kier alpha value is -2.35. The van der Waals surface area contributed by atoms with Gasteiger partial charge in [-0.2, -0.15) is 5.26 Å². The third-order valence-corrected chi connectivity index (χ3v) is 1.66.